The van der Waals surface area contributed by atoms with Gasteiger partial charge in [-0.2, -0.15) is 0 Å². The lowest BCUT2D eigenvalue weighted by Crippen LogP contribution is -2.47. The van der Waals surface area contributed by atoms with E-state index in [1.54, 1.807) is 12.4 Å². The Balaban J connectivity index is 1.93. The average molecular weight is 358 g/mol. The Bertz CT molecular complexity index is 1000. The zero-order valence-electron chi connectivity index (χ0n) is 15.4. The van der Waals surface area contributed by atoms with Gasteiger partial charge in [0, 0.05) is 29.5 Å². The first-order valence-electron chi connectivity index (χ1n) is 9.39. The molecule has 0 bridgehead atoms. The predicted molar refractivity (Wildman–Crippen MR) is 105 cm³/mol. The summed E-state index contributed by atoms with van der Waals surface area (Å²) < 4.78 is 0. The zero-order chi connectivity index (χ0) is 18.8. The van der Waals surface area contributed by atoms with E-state index >= 15 is 0 Å². The van der Waals surface area contributed by atoms with E-state index in [1.807, 2.05) is 29.2 Å². The van der Waals surface area contributed by atoms with E-state index in [4.69, 9.17) is 6.42 Å². The molecule has 0 spiro atoms. The van der Waals surface area contributed by atoms with Gasteiger partial charge in [0.15, 0.2) is 0 Å². The third kappa shape index (κ3) is 2.97. The molecular formula is C22H22N4O. The second-order valence-electron chi connectivity index (χ2n) is 6.93. The van der Waals surface area contributed by atoms with Gasteiger partial charge in [-0.25, -0.2) is 4.98 Å². The maximum Gasteiger partial charge on any atom is 0.299 e. The van der Waals surface area contributed by atoms with E-state index in [9.17, 15) is 4.79 Å². The molecule has 0 unspecified atom stereocenters. The van der Waals surface area contributed by atoms with Crippen molar-refractivity contribution >= 4 is 16.9 Å². The van der Waals surface area contributed by atoms with Crippen molar-refractivity contribution in [3.63, 3.8) is 0 Å². The third-order valence-electron chi connectivity index (χ3n) is 5.31. The molecule has 4 heterocycles. The summed E-state index contributed by atoms with van der Waals surface area (Å²) in [5, 5.41) is 1.11. The second-order valence-corrected chi connectivity index (χ2v) is 6.93. The van der Waals surface area contributed by atoms with Gasteiger partial charge in [0.1, 0.15) is 11.7 Å². The minimum absolute atomic E-state index is 0.0483. The molecule has 136 valence electrons. The molecule has 27 heavy (non-hydrogen) atoms. The fraction of sp³-hybridized carbons (Fsp3) is 0.318. The number of carbonyl (C=O) groups is 1. The van der Waals surface area contributed by atoms with E-state index in [0.717, 1.165) is 48.1 Å². The molecule has 0 radical (unpaired) electrons. The van der Waals surface area contributed by atoms with Crippen molar-refractivity contribution in [3.8, 4) is 12.3 Å². The number of amides is 1. The van der Waals surface area contributed by atoms with Crippen LogP contribution in [0.3, 0.4) is 0 Å². The van der Waals surface area contributed by atoms with Crippen LogP contribution >= 0.6 is 0 Å². The first kappa shape index (κ1) is 17.3. The number of pyridine rings is 2. The number of nitrogens with zero attached hydrogens (tertiary/aromatic N) is 3. The Morgan fingerprint density at radius 2 is 2.15 bits per heavy atom. The third-order valence-corrected chi connectivity index (χ3v) is 5.31. The lowest BCUT2D eigenvalue weighted by Gasteiger charge is -2.41. The van der Waals surface area contributed by atoms with Crippen LogP contribution in [0.4, 0.5) is 0 Å². The van der Waals surface area contributed by atoms with Gasteiger partial charge in [0.25, 0.3) is 5.91 Å². The Morgan fingerprint density at radius 3 is 2.89 bits per heavy atom. The van der Waals surface area contributed by atoms with Crippen LogP contribution in [0, 0.1) is 12.3 Å². The molecule has 5 heteroatoms. The Morgan fingerprint density at radius 1 is 1.30 bits per heavy atom. The Labute approximate surface area is 158 Å². The van der Waals surface area contributed by atoms with Gasteiger partial charge in [-0.3, -0.25) is 9.78 Å². The zero-order valence-corrected chi connectivity index (χ0v) is 15.4. The van der Waals surface area contributed by atoms with Crippen LogP contribution in [0.25, 0.3) is 11.0 Å². The summed E-state index contributed by atoms with van der Waals surface area (Å²) in [5.41, 5.74) is 3.84. The summed E-state index contributed by atoms with van der Waals surface area (Å²) in [7, 11) is 0. The number of hydrogen-bond acceptors (Lipinski definition) is 3. The van der Waals surface area contributed by atoms with Crippen molar-refractivity contribution in [1.82, 2.24) is 19.9 Å². The van der Waals surface area contributed by atoms with Crippen LogP contribution in [0.1, 0.15) is 49.2 Å². The average Bonchev–Trinajstić information content (AvgIpc) is 3.09. The predicted octanol–water partition coefficient (Wildman–Crippen LogP) is 3.62. The Hall–Kier alpha value is -3.13. The number of fused-ring (bicyclic) bond motifs is 3. The Kier molecular flexibility index (Phi) is 4.64. The van der Waals surface area contributed by atoms with Crippen LogP contribution in [-0.4, -0.2) is 31.8 Å². The van der Waals surface area contributed by atoms with E-state index in [1.165, 1.54) is 5.56 Å². The summed E-state index contributed by atoms with van der Waals surface area (Å²) in [6.45, 7) is 2.16. The van der Waals surface area contributed by atoms with E-state index < -0.39 is 0 Å². The molecular weight excluding hydrogens is 336 g/mol. The highest BCUT2D eigenvalue weighted by atomic mass is 16.2. The van der Waals surface area contributed by atoms with Crippen LogP contribution in [0.2, 0.25) is 0 Å². The molecule has 5 nitrogen and oxygen atoms in total. The highest BCUT2D eigenvalue weighted by Crippen LogP contribution is 2.40. The minimum atomic E-state index is -0.324. The van der Waals surface area contributed by atoms with Crippen molar-refractivity contribution < 1.29 is 4.79 Å². The maximum absolute atomic E-state index is 12.8. The first-order valence-corrected chi connectivity index (χ1v) is 9.39. The van der Waals surface area contributed by atoms with E-state index in [-0.39, 0.29) is 18.0 Å². The fourth-order valence-corrected chi connectivity index (χ4v) is 4.10. The summed E-state index contributed by atoms with van der Waals surface area (Å²) >= 11 is 0. The number of aromatic amines is 1. The summed E-state index contributed by atoms with van der Waals surface area (Å²) in [6.07, 6.45) is 12.9. The summed E-state index contributed by atoms with van der Waals surface area (Å²) in [5.74, 6) is 2.05. The first-order chi connectivity index (χ1) is 13.2. The summed E-state index contributed by atoms with van der Waals surface area (Å²) in [6, 6.07) is 9.53. The molecule has 1 aliphatic heterocycles. The molecule has 0 aromatic carbocycles. The molecule has 0 saturated heterocycles. The number of unbranched alkanes of at least 4 members (excludes halogenated alkanes) is 1. The van der Waals surface area contributed by atoms with E-state index in [0.29, 0.717) is 0 Å². The number of terminal acetylenes is 1. The van der Waals surface area contributed by atoms with Crippen molar-refractivity contribution in [2.24, 2.45) is 0 Å². The van der Waals surface area contributed by atoms with Gasteiger partial charge in [-0.1, -0.05) is 25.8 Å². The quantitative estimate of drug-likeness (QED) is 0.725. The standard InChI is InChI=1S/C22H22N4O/c1-3-5-9-15-14-17-16-10-8-13-24-22(16)25-20(17)21(26(15)19(27)4-2)18-11-6-7-12-23-18/h2,6-8,10-13,15,21H,3,5,9,14H2,1H3,(H,24,25)/t15-,21-/m0/s1. The summed E-state index contributed by atoms with van der Waals surface area (Å²) in [4.78, 5) is 27.1. The topological polar surface area (TPSA) is 61.9 Å². The number of H-pyrrole nitrogens is 1. The minimum Gasteiger partial charge on any atom is -0.341 e. The highest BCUT2D eigenvalue weighted by molar-refractivity contribution is 5.94. The lowest BCUT2D eigenvalue weighted by atomic mass is 9.87. The highest BCUT2D eigenvalue weighted by Gasteiger charge is 2.40. The number of hydrogen-bond donors (Lipinski definition) is 1. The molecule has 1 aliphatic rings. The van der Waals surface area contributed by atoms with Crippen molar-refractivity contribution in [2.45, 2.75) is 44.7 Å². The van der Waals surface area contributed by atoms with Gasteiger partial charge in [0.2, 0.25) is 0 Å². The molecule has 3 aromatic heterocycles. The van der Waals surface area contributed by atoms with Gasteiger partial charge < -0.3 is 9.88 Å². The second kappa shape index (κ2) is 7.24. The van der Waals surface area contributed by atoms with Crippen molar-refractivity contribution in [2.75, 3.05) is 0 Å². The normalized spacial score (nSPS) is 18.9. The number of aromatic nitrogens is 3. The number of rotatable bonds is 4. The molecule has 0 saturated carbocycles. The number of carbonyl (C=O) groups excluding carboxylic acids is 1. The molecule has 0 aliphatic carbocycles. The van der Waals surface area contributed by atoms with Gasteiger partial charge in [-0.05, 0) is 48.6 Å². The van der Waals surface area contributed by atoms with Gasteiger partial charge >= 0.3 is 0 Å². The van der Waals surface area contributed by atoms with Crippen LogP contribution in [0.5, 0.6) is 0 Å². The monoisotopic (exact) mass is 358 g/mol. The van der Waals surface area contributed by atoms with Gasteiger partial charge in [0.05, 0.1) is 5.69 Å². The molecule has 2 atom stereocenters. The van der Waals surface area contributed by atoms with Crippen LogP contribution < -0.4 is 0 Å². The lowest BCUT2D eigenvalue weighted by molar-refractivity contribution is -0.130. The smallest absolute Gasteiger partial charge is 0.299 e. The molecule has 0 fully saturated rings. The molecule has 1 amide bonds. The van der Waals surface area contributed by atoms with Crippen molar-refractivity contribution in [1.29, 1.82) is 0 Å². The molecule has 4 rings (SSSR count). The van der Waals surface area contributed by atoms with Gasteiger partial charge in [-0.15, -0.1) is 6.42 Å². The maximum atomic E-state index is 12.8. The molecule has 3 aromatic rings. The largest absolute Gasteiger partial charge is 0.341 e. The van der Waals surface area contributed by atoms with Crippen molar-refractivity contribution in [3.05, 3.63) is 59.7 Å². The van der Waals surface area contributed by atoms with Crippen LogP contribution in [-0.2, 0) is 11.2 Å². The fourth-order valence-electron chi connectivity index (χ4n) is 4.10. The SMILES string of the molecule is C#CC(=O)N1[C@@H](CCCC)Cc2c([nH]c3ncccc23)[C@@H]1c1ccccn1. The van der Waals surface area contributed by atoms with Crippen LogP contribution in [0.15, 0.2) is 42.7 Å². The number of nitrogens with one attached hydrogen (secondary N) is 1. The van der Waals surface area contributed by atoms with E-state index in [2.05, 4.69) is 33.9 Å². The molecule has 1 N–H and O–H groups in total.